The normalized spacial score (nSPS) is 10.7. The van der Waals surface area contributed by atoms with Gasteiger partial charge in [-0.3, -0.25) is 4.79 Å². The van der Waals surface area contributed by atoms with Gasteiger partial charge in [-0.05, 0) is 42.7 Å². The van der Waals surface area contributed by atoms with Gasteiger partial charge in [0.15, 0.2) is 0 Å². The maximum absolute atomic E-state index is 12.3. The molecule has 0 aliphatic carbocycles. The minimum Gasteiger partial charge on any atom is -0.467 e. The van der Waals surface area contributed by atoms with Crippen LogP contribution in [0, 0.1) is 0 Å². The maximum atomic E-state index is 12.3. The number of carbonyl (C=O) groups excluding carboxylic acids is 2. The van der Waals surface area contributed by atoms with Gasteiger partial charge in [-0.1, -0.05) is 0 Å². The first-order chi connectivity index (χ1) is 12.1. The number of imidazole rings is 1. The molecule has 3 N–H and O–H groups in total. The van der Waals surface area contributed by atoms with Crippen molar-refractivity contribution in [3.63, 3.8) is 0 Å². The summed E-state index contributed by atoms with van der Waals surface area (Å²) in [5.74, 6) is 0.0332. The zero-order chi connectivity index (χ0) is 18.1. The zero-order valence-corrected chi connectivity index (χ0v) is 17.5. The van der Waals surface area contributed by atoms with Crippen molar-refractivity contribution < 1.29 is 14.3 Å². The van der Waals surface area contributed by atoms with E-state index in [2.05, 4.69) is 20.6 Å². The molecular weight excluding hydrogens is 411 g/mol. The fourth-order valence-electron chi connectivity index (χ4n) is 2.19. The summed E-state index contributed by atoms with van der Waals surface area (Å²) in [6.07, 6.45) is 5.92. The largest absolute Gasteiger partial charge is 0.467 e. The number of methoxy groups -OCH3 is 1. The molecule has 1 aromatic carbocycles. The number of aromatic nitrogens is 2. The number of rotatable bonds is 9. The van der Waals surface area contributed by atoms with Gasteiger partial charge in [0.1, 0.15) is 6.04 Å². The third kappa shape index (κ3) is 8.11. The molecule has 7 nitrogen and oxygen atoms in total. The molecule has 0 unspecified atom stereocenters. The molecule has 2 aromatic rings. The van der Waals surface area contributed by atoms with E-state index in [0.717, 1.165) is 17.1 Å². The number of thioether (sulfide) groups is 1. The van der Waals surface area contributed by atoms with Crippen molar-refractivity contribution in [1.82, 2.24) is 15.3 Å². The van der Waals surface area contributed by atoms with E-state index in [0.29, 0.717) is 18.5 Å². The summed E-state index contributed by atoms with van der Waals surface area (Å²) in [6, 6.07) is 6.42. The lowest BCUT2D eigenvalue weighted by Crippen LogP contribution is -2.41. The van der Waals surface area contributed by atoms with Crippen molar-refractivity contribution in [1.29, 1.82) is 0 Å². The molecule has 10 heteroatoms. The van der Waals surface area contributed by atoms with Crippen molar-refractivity contribution in [3.8, 4) is 0 Å². The van der Waals surface area contributed by atoms with Gasteiger partial charge in [-0.2, -0.15) is 11.8 Å². The summed E-state index contributed by atoms with van der Waals surface area (Å²) in [5, 5.41) is 5.95. The van der Waals surface area contributed by atoms with Gasteiger partial charge < -0.3 is 20.4 Å². The molecule has 27 heavy (non-hydrogen) atoms. The number of H-pyrrole nitrogens is 1. The van der Waals surface area contributed by atoms with E-state index in [1.807, 2.05) is 24.6 Å². The van der Waals surface area contributed by atoms with Gasteiger partial charge >= 0.3 is 5.97 Å². The number of amides is 1. The molecule has 0 radical (unpaired) electrons. The Hall–Kier alpha value is -1.90. The van der Waals surface area contributed by atoms with Gasteiger partial charge in [-0.25, -0.2) is 9.78 Å². The van der Waals surface area contributed by atoms with Crippen molar-refractivity contribution in [2.75, 3.05) is 24.4 Å². The fraction of sp³-hybridized carbons (Fsp3) is 0.353. The van der Waals surface area contributed by atoms with Crippen LogP contribution in [0.5, 0.6) is 0 Å². The Morgan fingerprint density at radius 3 is 2.52 bits per heavy atom. The molecule has 0 spiro atoms. The quantitative estimate of drug-likeness (QED) is 0.525. The van der Waals surface area contributed by atoms with Crippen LogP contribution >= 0.6 is 36.6 Å². The third-order valence-corrected chi connectivity index (χ3v) is 4.22. The zero-order valence-electron chi connectivity index (χ0n) is 15.1. The molecule has 2 rings (SSSR count). The Morgan fingerprint density at radius 2 is 1.96 bits per heavy atom. The van der Waals surface area contributed by atoms with Crippen LogP contribution in [0.1, 0.15) is 22.5 Å². The number of hydrogen-bond donors (Lipinski definition) is 3. The highest BCUT2D eigenvalue weighted by Gasteiger charge is 2.21. The number of carbonyl (C=O) groups is 2. The number of benzene rings is 1. The van der Waals surface area contributed by atoms with Gasteiger partial charge in [0, 0.05) is 17.4 Å². The second-order valence-electron chi connectivity index (χ2n) is 5.32. The van der Waals surface area contributed by atoms with Crippen molar-refractivity contribution in [2.24, 2.45) is 0 Å². The minimum absolute atomic E-state index is 0. The standard InChI is InChI=1S/C17H22N4O3S.2ClH/c1-24-17(23)15(7-8-25-2)21-16(22)12-3-5-13(6-4-12)19-10-14-9-18-11-20-14;;/h3-6,9,11,15,19H,7-8,10H2,1-2H3,(H,18,20)(H,21,22);2*1H/t15-;;/m0../s1. The topological polar surface area (TPSA) is 96.1 Å². The molecule has 0 aliphatic heterocycles. The molecule has 0 bridgehead atoms. The smallest absolute Gasteiger partial charge is 0.328 e. The first-order valence-electron chi connectivity index (χ1n) is 7.83. The van der Waals surface area contributed by atoms with Gasteiger partial charge in [-0.15, -0.1) is 24.8 Å². The number of aromatic amines is 1. The number of hydrogen-bond acceptors (Lipinski definition) is 6. The van der Waals surface area contributed by atoms with Crippen molar-refractivity contribution in [3.05, 3.63) is 48.0 Å². The molecule has 0 saturated carbocycles. The first kappa shape index (κ1) is 25.1. The fourth-order valence-corrected chi connectivity index (χ4v) is 2.66. The van der Waals surface area contributed by atoms with E-state index in [-0.39, 0.29) is 30.7 Å². The van der Waals surface area contributed by atoms with Crippen molar-refractivity contribution >= 4 is 54.1 Å². The van der Waals surface area contributed by atoms with Crippen molar-refractivity contribution in [2.45, 2.75) is 19.0 Å². The molecule has 1 amide bonds. The average Bonchev–Trinajstić information content (AvgIpc) is 3.16. The number of nitrogens with zero attached hydrogens (tertiary/aromatic N) is 1. The Kier molecular flexibility index (Phi) is 12.4. The molecule has 0 fully saturated rings. The molecule has 1 heterocycles. The average molecular weight is 435 g/mol. The summed E-state index contributed by atoms with van der Waals surface area (Å²) in [5.41, 5.74) is 2.27. The highest BCUT2D eigenvalue weighted by molar-refractivity contribution is 7.98. The minimum atomic E-state index is -0.637. The van der Waals surface area contributed by atoms with E-state index in [1.165, 1.54) is 7.11 Å². The van der Waals surface area contributed by atoms with Crippen LogP contribution in [0.2, 0.25) is 0 Å². The summed E-state index contributed by atoms with van der Waals surface area (Å²) in [7, 11) is 1.32. The van der Waals surface area contributed by atoms with Crippen LogP contribution in [0.4, 0.5) is 5.69 Å². The molecule has 150 valence electrons. The van der Waals surface area contributed by atoms with Gasteiger partial charge in [0.2, 0.25) is 0 Å². The lowest BCUT2D eigenvalue weighted by Gasteiger charge is -2.16. The van der Waals surface area contributed by atoms with Crippen LogP contribution in [-0.2, 0) is 16.1 Å². The molecule has 1 atom stereocenters. The predicted octanol–water partition coefficient (Wildman–Crippen LogP) is 2.89. The third-order valence-electron chi connectivity index (χ3n) is 3.58. The van der Waals surface area contributed by atoms with Gasteiger partial charge in [0.25, 0.3) is 5.91 Å². The molecular formula is C17H24Cl2N4O3S. The Labute approximate surface area is 175 Å². The second-order valence-corrected chi connectivity index (χ2v) is 6.31. The van der Waals surface area contributed by atoms with Crippen LogP contribution < -0.4 is 10.6 Å². The number of halogens is 2. The number of ether oxygens (including phenoxy) is 1. The summed E-state index contributed by atoms with van der Waals surface area (Å²) >= 11 is 1.61. The van der Waals surface area contributed by atoms with E-state index >= 15 is 0 Å². The lowest BCUT2D eigenvalue weighted by molar-refractivity contribution is -0.142. The number of esters is 1. The van der Waals surface area contributed by atoms with Crippen LogP contribution in [-0.4, -0.2) is 47.0 Å². The summed E-state index contributed by atoms with van der Waals surface area (Å²) in [4.78, 5) is 31.1. The van der Waals surface area contributed by atoms with E-state index in [4.69, 9.17) is 4.74 Å². The Balaban J connectivity index is 0.00000338. The SMILES string of the molecule is COC(=O)[C@H](CCSC)NC(=O)c1ccc(NCc2c[nH]cn2)cc1.Cl.Cl. The van der Waals surface area contributed by atoms with Crippen LogP contribution in [0.15, 0.2) is 36.8 Å². The Morgan fingerprint density at radius 1 is 1.26 bits per heavy atom. The van der Waals surface area contributed by atoms with E-state index < -0.39 is 12.0 Å². The lowest BCUT2D eigenvalue weighted by atomic mass is 10.1. The highest BCUT2D eigenvalue weighted by atomic mass is 35.5. The molecule has 0 saturated heterocycles. The van der Waals surface area contributed by atoms with Crippen LogP contribution in [0.25, 0.3) is 0 Å². The highest BCUT2D eigenvalue weighted by Crippen LogP contribution is 2.11. The molecule has 1 aromatic heterocycles. The first-order valence-corrected chi connectivity index (χ1v) is 9.22. The number of anilines is 1. The summed E-state index contributed by atoms with van der Waals surface area (Å²) < 4.78 is 4.75. The number of nitrogens with one attached hydrogen (secondary N) is 3. The second kappa shape index (κ2) is 13.3. The predicted molar refractivity (Wildman–Crippen MR) is 113 cm³/mol. The maximum Gasteiger partial charge on any atom is 0.328 e. The van der Waals surface area contributed by atoms with E-state index in [9.17, 15) is 9.59 Å². The van der Waals surface area contributed by atoms with Crippen LogP contribution in [0.3, 0.4) is 0 Å². The summed E-state index contributed by atoms with van der Waals surface area (Å²) in [6.45, 7) is 0.591. The monoisotopic (exact) mass is 434 g/mol. The van der Waals surface area contributed by atoms with E-state index in [1.54, 1.807) is 30.2 Å². The van der Waals surface area contributed by atoms with Gasteiger partial charge in [0.05, 0.1) is 25.7 Å². The molecule has 0 aliphatic rings. The Bertz CT molecular complexity index is 684.